The summed E-state index contributed by atoms with van der Waals surface area (Å²) in [7, 11) is 1.29. The number of rotatable bonds is 5. The molecule has 5 nitrogen and oxygen atoms in total. The Labute approximate surface area is 144 Å². The summed E-state index contributed by atoms with van der Waals surface area (Å²) in [4.78, 5) is 24.0. The lowest BCUT2D eigenvalue weighted by atomic mass is 9.95. The van der Waals surface area contributed by atoms with E-state index in [4.69, 9.17) is 0 Å². The molecular weight excluding hydrogens is 360 g/mol. The summed E-state index contributed by atoms with van der Waals surface area (Å²) in [6, 6.07) is 7.56. The second-order valence-electron chi connectivity index (χ2n) is 5.52. The Hall–Kier alpha value is -1.82. The third-order valence-corrected chi connectivity index (χ3v) is 4.25. The van der Waals surface area contributed by atoms with Crippen molar-refractivity contribution in [2.75, 3.05) is 12.4 Å². The van der Waals surface area contributed by atoms with Crippen molar-refractivity contribution < 1.29 is 14.3 Å². The van der Waals surface area contributed by atoms with Crippen molar-refractivity contribution in [2.24, 2.45) is 0 Å². The van der Waals surface area contributed by atoms with Crippen molar-refractivity contribution in [2.45, 2.75) is 38.1 Å². The van der Waals surface area contributed by atoms with Gasteiger partial charge in [-0.1, -0.05) is 41.3 Å². The number of ether oxygens (including phenoxy) is 1. The van der Waals surface area contributed by atoms with Crippen LogP contribution < -0.4 is 10.6 Å². The fourth-order valence-electron chi connectivity index (χ4n) is 2.57. The van der Waals surface area contributed by atoms with E-state index in [-0.39, 0.29) is 17.6 Å². The Morgan fingerprint density at radius 2 is 2.00 bits per heavy atom. The summed E-state index contributed by atoms with van der Waals surface area (Å²) in [5.41, 5.74) is 0.897. The van der Waals surface area contributed by atoms with Crippen LogP contribution in [0.4, 0.5) is 5.69 Å². The van der Waals surface area contributed by atoms with Crippen LogP contribution in [0, 0.1) is 0 Å². The topological polar surface area (TPSA) is 67.4 Å². The zero-order chi connectivity index (χ0) is 16.7. The van der Waals surface area contributed by atoms with Crippen LogP contribution in [0.5, 0.6) is 0 Å². The molecule has 1 aromatic rings. The van der Waals surface area contributed by atoms with Gasteiger partial charge < -0.3 is 15.4 Å². The van der Waals surface area contributed by atoms with Crippen LogP contribution in [0.3, 0.4) is 0 Å². The molecule has 0 saturated heterocycles. The molecule has 1 amide bonds. The summed E-state index contributed by atoms with van der Waals surface area (Å²) in [6.45, 7) is 0. The molecule has 1 fully saturated rings. The molecule has 0 aromatic heterocycles. The maximum absolute atomic E-state index is 12.5. The number of carbonyl (C=O) groups is 2. The van der Waals surface area contributed by atoms with E-state index in [2.05, 4.69) is 31.3 Å². The molecule has 1 aliphatic rings. The molecule has 2 N–H and O–H groups in total. The number of hydrogen-bond donors (Lipinski definition) is 2. The second-order valence-corrected chi connectivity index (χ2v) is 6.44. The van der Waals surface area contributed by atoms with E-state index in [1.807, 2.05) is 24.3 Å². The van der Waals surface area contributed by atoms with Crippen molar-refractivity contribution in [3.05, 3.63) is 40.5 Å². The van der Waals surface area contributed by atoms with Crippen molar-refractivity contribution in [1.29, 1.82) is 0 Å². The van der Waals surface area contributed by atoms with Crippen LogP contribution in [0.1, 0.15) is 32.1 Å². The first-order valence-corrected chi connectivity index (χ1v) is 8.51. The summed E-state index contributed by atoms with van der Waals surface area (Å²) in [6.07, 6.45) is 6.61. The average molecular weight is 381 g/mol. The summed E-state index contributed by atoms with van der Waals surface area (Å²) in [5.74, 6) is -0.858. The Balaban J connectivity index is 2.11. The van der Waals surface area contributed by atoms with Gasteiger partial charge in [-0.15, -0.1) is 0 Å². The quantitative estimate of drug-likeness (QED) is 0.606. The first kappa shape index (κ1) is 17.5. The molecule has 0 aliphatic heterocycles. The Morgan fingerprint density at radius 3 is 2.65 bits per heavy atom. The van der Waals surface area contributed by atoms with Crippen LogP contribution in [-0.2, 0) is 14.3 Å². The molecule has 124 valence electrons. The molecule has 23 heavy (non-hydrogen) atoms. The van der Waals surface area contributed by atoms with E-state index < -0.39 is 5.97 Å². The van der Waals surface area contributed by atoms with Crippen LogP contribution in [0.15, 0.2) is 40.5 Å². The van der Waals surface area contributed by atoms with Gasteiger partial charge in [-0.3, -0.25) is 4.79 Å². The summed E-state index contributed by atoms with van der Waals surface area (Å²) >= 11 is 3.38. The summed E-state index contributed by atoms with van der Waals surface area (Å²) < 4.78 is 5.52. The van der Waals surface area contributed by atoms with E-state index >= 15 is 0 Å². The lowest BCUT2D eigenvalue weighted by Crippen LogP contribution is -2.38. The van der Waals surface area contributed by atoms with E-state index in [1.165, 1.54) is 19.6 Å². The highest BCUT2D eigenvalue weighted by atomic mass is 79.9. The van der Waals surface area contributed by atoms with Crippen LogP contribution in [0.2, 0.25) is 0 Å². The minimum Gasteiger partial charge on any atom is -0.466 e. The smallest absolute Gasteiger partial charge is 0.332 e. The van der Waals surface area contributed by atoms with Crippen molar-refractivity contribution >= 4 is 33.5 Å². The molecule has 0 spiro atoms. The number of methoxy groups -OCH3 is 1. The average Bonchev–Trinajstić information content (AvgIpc) is 2.55. The van der Waals surface area contributed by atoms with Gasteiger partial charge in [0, 0.05) is 16.2 Å². The molecule has 6 heteroatoms. The monoisotopic (exact) mass is 380 g/mol. The van der Waals surface area contributed by atoms with Crippen molar-refractivity contribution in [1.82, 2.24) is 5.32 Å². The molecule has 0 radical (unpaired) electrons. The van der Waals surface area contributed by atoms with Gasteiger partial charge >= 0.3 is 5.97 Å². The Bertz CT molecular complexity index is 595. The third kappa shape index (κ3) is 5.71. The van der Waals surface area contributed by atoms with Gasteiger partial charge in [0.2, 0.25) is 0 Å². The lowest BCUT2D eigenvalue weighted by Gasteiger charge is -2.23. The van der Waals surface area contributed by atoms with Crippen LogP contribution >= 0.6 is 15.9 Å². The number of amides is 1. The zero-order valence-corrected chi connectivity index (χ0v) is 14.7. The lowest BCUT2D eigenvalue weighted by molar-refractivity contribution is -0.135. The van der Waals surface area contributed by atoms with E-state index in [1.54, 1.807) is 0 Å². The number of carbonyl (C=O) groups excluding carboxylic acids is 2. The first-order chi connectivity index (χ1) is 11.1. The van der Waals surface area contributed by atoms with E-state index in [9.17, 15) is 9.59 Å². The minimum absolute atomic E-state index is 0.168. The number of halogens is 1. The maximum Gasteiger partial charge on any atom is 0.332 e. The molecule has 2 rings (SSSR count). The normalized spacial score (nSPS) is 15.8. The molecule has 1 saturated carbocycles. The van der Waals surface area contributed by atoms with Gasteiger partial charge in [0.15, 0.2) is 0 Å². The van der Waals surface area contributed by atoms with Gasteiger partial charge in [-0.25, -0.2) is 4.79 Å². The molecule has 0 bridgehead atoms. The van der Waals surface area contributed by atoms with Crippen LogP contribution in [0.25, 0.3) is 0 Å². The molecule has 0 unspecified atom stereocenters. The van der Waals surface area contributed by atoms with Crippen LogP contribution in [-0.4, -0.2) is 25.0 Å². The maximum atomic E-state index is 12.5. The van der Waals surface area contributed by atoms with Gasteiger partial charge in [0.1, 0.15) is 5.70 Å². The number of anilines is 1. The number of benzene rings is 1. The van der Waals surface area contributed by atoms with Gasteiger partial charge in [0.05, 0.1) is 13.2 Å². The fraction of sp³-hybridized carbons (Fsp3) is 0.412. The Kier molecular flexibility index (Phi) is 6.65. The number of hydrogen-bond acceptors (Lipinski definition) is 4. The predicted molar refractivity (Wildman–Crippen MR) is 92.9 cm³/mol. The van der Waals surface area contributed by atoms with Gasteiger partial charge in [0.25, 0.3) is 5.91 Å². The molecular formula is C17H21BrN2O3. The van der Waals surface area contributed by atoms with Gasteiger partial charge in [-0.2, -0.15) is 0 Å². The van der Waals surface area contributed by atoms with E-state index in [0.29, 0.717) is 5.69 Å². The highest BCUT2D eigenvalue weighted by Gasteiger charge is 2.19. The minimum atomic E-state index is -0.568. The standard InChI is InChI=1S/C17H21BrN2O3/c1-23-16(21)11-15(19-14-9-5-6-12(18)10-14)17(22)20-13-7-3-2-4-8-13/h5-6,9-11,13,19H,2-4,7-8H2,1H3,(H,20,22)/b15-11-. The van der Waals surface area contributed by atoms with Crippen molar-refractivity contribution in [3.63, 3.8) is 0 Å². The highest BCUT2D eigenvalue weighted by Crippen LogP contribution is 2.19. The van der Waals surface area contributed by atoms with Gasteiger partial charge in [-0.05, 0) is 31.0 Å². The molecule has 0 atom stereocenters. The molecule has 1 aromatic carbocycles. The highest BCUT2D eigenvalue weighted by molar-refractivity contribution is 9.10. The molecule has 1 aliphatic carbocycles. The van der Waals surface area contributed by atoms with Crippen molar-refractivity contribution in [3.8, 4) is 0 Å². The number of nitrogens with one attached hydrogen (secondary N) is 2. The third-order valence-electron chi connectivity index (χ3n) is 3.75. The predicted octanol–water partition coefficient (Wildman–Crippen LogP) is 3.37. The Morgan fingerprint density at radius 1 is 1.26 bits per heavy atom. The SMILES string of the molecule is COC(=O)/C=C(\Nc1cccc(Br)c1)C(=O)NC1CCCCC1. The largest absolute Gasteiger partial charge is 0.466 e. The number of esters is 1. The second kappa shape index (κ2) is 8.72. The fourth-order valence-corrected chi connectivity index (χ4v) is 2.97. The zero-order valence-electron chi connectivity index (χ0n) is 13.1. The van der Waals surface area contributed by atoms with E-state index in [0.717, 1.165) is 30.2 Å². The summed E-state index contributed by atoms with van der Waals surface area (Å²) in [5, 5.41) is 5.99. The first-order valence-electron chi connectivity index (χ1n) is 7.71. The molecule has 0 heterocycles.